The third-order valence-corrected chi connectivity index (χ3v) is 2.87. The molecule has 1 aromatic carbocycles. The molecule has 0 aliphatic rings. The summed E-state index contributed by atoms with van der Waals surface area (Å²) in [5, 5.41) is 0. The van der Waals surface area contributed by atoms with Crippen LogP contribution in [0.2, 0.25) is 0 Å². The average molecular weight is 264 g/mol. The van der Waals surface area contributed by atoms with Gasteiger partial charge in [0.25, 0.3) is 0 Å². The maximum Gasteiger partial charge on any atom is 0.303 e. The van der Waals surface area contributed by atoms with Gasteiger partial charge in [0.05, 0.1) is 7.11 Å². The Morgan fingerprint density at radius 2 is 1.58 bits per heavy atom. The van der Waals surface area contributed by atoms with Crippen molar-refractivity contribution >= 4 is 11.8 Å². The van der Waals surface area contributed by atoms with Crippen molar-refractivity contribution in [1.29, 1.82) is 0 Å². The maximum atomic E-state index is 12.4. The van der Waals surface area contributed by atoms with Gasteiger partial charge in [-0.25, -0.2) is 0 Å². The summed E-state index contributed by atoms with van der Waals surface area (Å²) >= 11 is 0. The van der Waals surface area contributed by atoms with Gasteiger partial charge in [-0.3, -0.25) is 9.59 Å². The summed E-state index contributed by atoms with van der Waals surface area (Å²) in [4.78, 5) is 23.4. The fourth-order valence-electron chi connectivity index (χ4n) is 2.16. The van der Waals surface area contributed by atoms with Gasteiger partial charge in [-0.2, -0.15) is 0 Å². The van der Waals surface area contributed by atoms with Gasteiger partial charge < -0.3 is 9.47 Å². The first-order valence-electron chi connectivity index (χ1n) is 6.08. The predicted molar refractivity (Wildman–Crippen MR) is 72.6 cm³/mol. The number of rotatable bonds is 4. The van der Waals surface area contributed by atoms with Crippen molar-refractivity contribution in [2.75, 3.05) is 7.11 Å². The minimum absolute atomic E-state index is 0.225. The van der Waals surface area contributed by atoms with E-state index in [1.807, 2.05) is 13.8 Å². The van der Waals surface area contributed by atoms with Gasteiger partial charge in [0.1, 0.15) is 5.75 Å². The van der Waals surface area contributed by atoms with E-state index >= 15 is 0 Å². The van der Waals surface area contributed by atoms with Gasteiger partial charge in [-0.1, -0.05) is 0 Å². The van der Waals surface area contributed by atoms with E-state index in [0.29, 0.717) is 5.56 Å². The summed E-state index contributed by atoms with van der Waals surface area (Å²) in [6.45, 7) is 8.22. The topological polar surface area (TPSA) is 52.6 Å². The monoisotopic (exact) mass is 264 g/mol. The van der Waals surface area contributed by atoms with Crippen LogP contribution in [0.15, 0.2) is 12.1 Å². The number of carbonyl (C=O) groups is 2. The van der Waals surface area contributed by atoms with Crippen LogP contribution in [0.1, 0.15) is 42.3 Å². The SMILES string of the molecule is COc1c(C)cc(C(=O)C(C)(C)OC(C)=O)cc1C. The molecule has 0 aromatic heterocycles. The zero-order chi connectivity index (χ0) is 14.8. The molecule has 0 bridgehead atoms. The lowest BCUT2D eigenvalue weighted by atomic mass is 9.93. The molecule has 0 N–H and O–H groups in total. The molecular formula is C15H20O4. The van der Waals surface area contributed by atoms with Crippen molar-refractivity contribution in [2.24, 2.45) is 0 Å². The molecule has 19 heavy (non-hydrogen) atoms. The zero-order valence-corrected chi connectivity index (χ0v) is 12.3. The Bertz CT molecular complexity index is 492. The van der Waals surface area contributed by atoms with Gasteiger partial charge >= 0.3 is 5.97 Å². The first-order chi connectivity index (χ1) is 8.69. The van der Waals surface area contributed by atoms with Crippen molar-refractivity contribution in [1.82, 2.24) is 0 Å². The third-order valence-electron chi connectivity index (χ3n) is 2.87. The van der Waals surface area contributed by atoms with E-state index in [0.717, 1.165) is 16.9 Å². The second-order valence-corrected chi connectivity index (χ2v) is 5.08. The average Bonchev–Trinajstić information content (AvgIpc) is 2.25. The lowest BCUT2D eigenvalue weighted by Crippen LogP contribution is -2.36. The van der Waals surface area contributed by atoms with Crippen LogP contribution in [-0.4, -0.2) is 24.5 Å². The summed E-state index contributed by atoms with van der Waals surface area (Å²) in [7, 11) is 1.60. The van der Waals surface area contributed by atoms with Gasteiger partial charge in [0.15, 0.2) is 5.60 Å². The predicted octanol–water partition coefficient (Wildman–Crippen LogP) is 2.84. The molecule has 0 amide bonds. The zero-order valence-electron chi connectivity index (χ0n) is 12.3. The van der Waals surface area contributed by atoms with E-state index in [-0.39, 0.29) is 5.78 Å². The molecule has 0 fully saturated rings. The van der Waals surface area contributed by atoms with Crippen LogP contribution < -0.4 is 4.74 Å². The van der Waals surface area contributed by atoms with Crippen LogP contribution in [0.3, 0.4) is 0 Å². The highest BCUT2D eigenvalue weighted by Crippen LogP contribution is 2.27. The first-order valence-corrected chi connectivity index (χ1v) is 6.08. The summed E-state index contributed by atoms with van der Waals surface area (Å²) in [6.07, 6.45) is 0. The Morgan fingerprint density at radius 3 is 1.95 bits per heavy atom. The number of esters is 1. The van der Waals surface area contributed by atoms with E-state index in [2.05, 4.69) is 0 Å². The Morgan fingerprint density at radius 1 is 1.11 bits per heavy atom. The molecule has 0 saturated carbocycles. The fraction of sp³-hybridized carbons (Fsp3) is 0.467. The maximum absolute atomic E-state index is 12.4. The van der Waals surface area contributed by atoms with Crippen LogP contribution >= 0.6 is 0 Å². The van der Waals surface area contributed by atoms with Crippen molar-refractivity contribution in [2.45, 2.75) is 40.2 Å². The van der Waals surface area contributed by atoms with Crippen molar-refractivity contribution < 1.29 is 19.1 Å². The second kappa shape index (κ2) is 5.43. The molecule has 4 heteroatoms. The van der Waals surface area contributed by atoms with Gasteiger partial charge in [-0.05, 0) is 51.0 Å². The summed E-state index contributed by atoms with van der Waals surface area (Å²) < 4.78 is 10.3. The van der Waals surface area contributed by atoms with E-state index < -0.39 is 11.6 Å². The molecule has 0 spiro atoms. The highest BCUT2D eigenvalue weighted by molar-refractivity contribution is 6.03. The van der Waals surface area contributed by atoms with Gasteiger partial charge in [0, 0.05) is 12.5 Å². The fourth-order valence-corrected chi connectivity index (χ4v) is 2.16. The van der Waals surface area contributed by atoms with Crippen LogP contribution in [-0.2, 0) is 9.53 Å². The molecule has 1 aromatic rings. The number of ether oxygens (including phenoxy) is 2. The van der Waals surface area contributed by atoms with Crippen LogP contribution in [0.25, 0.3) is 0 Å². The van der Waals surface area contributed by atoms with Crippen LogP contribution in [0, 0.1) is 13.8 Å². The molecule has 1 rings (SSSR count). The minimum Gasteiger partial charge on any atom is -0.496 e. The molecule has 4 nitrogen and oxygen atoms in total. The molecule has 0 unspecified atom stereocenters. The second-order valence-electron chi connectivity index (χ2n) is 5.08. The number of ketones is 1. The van der Waals surface area contributed by atoms with E-state index in [9.17, 15) is 9.59 Å². The molecule has 104 valence electrons. The Labute approximate surface area is 113 Å². The van der Waals surface area contributed by atoms with Crippen molar-refractivity contribution in [3.05, 3.63) is 28.8 Å². The highest BCUT2D eigenvalue weighted by atomic mass is 16.6. The Hall–Kier alpha value is -1.84. The summed E-state index contributed by atoms with van der Waals surface area (Å²) in [5.41, 5.74) is 1.11. The number of benzene rings is 1. The van der Waals surface area contributed by atoms with Crippen molar-refractivity contribution in [3.8, 4) is 5.75 Å². The van der Waals surface area contributed by atoms with Gasteiger partial charge in [0.2, 0.25) is 5.78 Å². The van der Waals surface area contributed by atoms with Crippen molar-refractivity contribution in [3.63, 3.8) is 0 Å². The number of methoxy groups -OCH3 is 1. The minimum atomic E-state index is -1.17. The quantitative estimate of drug-likeness (QED) is 0.620. The molecule has 0 radical (unpaired) electrons. The Kier molecular flexibility index (Phi) is 4.35. The largest absolute Gasteiger partial charge is 0.496 e. The lowest BCUT2D eigenvalue weighted by molar-refractivity contribution is -0.149. The molecule has 0 aliphatic heterocycles. The third kappa shape index (κ3) is 3.34. The number of hydrogen-bond acceptors (Lipinski definition) is 4. The lowest BCUT2D eigenvalue weighted by Gasteiger charge is -2.23. The summed E-state index contributed by atoms with van der Waals surface area (Å²) in [5.74, 6) is 0.0682. The number of hydrogen-bond donors (Lipinski definition) is 0. The molecular weight excluding hydrogens is 244 g/mol. The number of Topliss-reactive ketones (excluding diaryl/α,β-unsaturated/α-hetero) is 1. The molecule has 0 heterocycles. The van der Waals surface area contributed by atoms with Crippen LogP contribution in [0.4, 0.5) is 0 Å². The number of carbonyl (C=O) groups excluding carboxylic acids is 2. The van der Waals surface area contributed by atoms with Crippen LogP contribution in [0.5, 0.6) is 5.75 Å². The molecule has 0 atom stereocenters. The summed E-state index contributed by atoms with van der Waals surface area (Å²) in [6, 6.07) is 3.50. The molecule has 0 saturated heterocycles. The van der Waals surface area contributed by atoms with E-state index in [1.54, 1.807) is 33.1 Å². The highest BCUT2D eigenvalue weighted by Gasteiger charge is 2.32. The van der Waals surface area contributed by atoms with Gasteiger partial charge in [-0.15, -0.1) is 0 Å². The molecule has 0 aliphatic carbocycles. The Balaban J connectivity index is 3.17. The number of aryl methyl sites for hydroxylation is 2. The smallest absolute Gasteiger partial charge is 0.303 e. The standard InChI is InChI=1S/C15H20O4/c1-9-7-12(8-10(2)13(9)18-6)14(17)15(4,5)19-11(3)16/h7-8H,1-6H3. The van der Waals surface area contributed by atoms with E-state index in [4.69, 9.17) is 9.47 Å². The van der Waals surface area contributed by atoms with E-state index in [1.165, 1.54) is 6.92 Å². The first kappa shape index (κ1) is 15.2. The normalized spacial score (nSPS) is 11.1.